The molecule has 0 aliphatic heterocycles. The highest BCUT2D eigenvalue weighted by atomic mass is 19.1. The molecule has 214 valence electrons. The van der Waals surface area contributed by atoms with Crippen LogP contribution in [0.5, 0.6) is 11.5 Å². The van der Waals surface area contributed by atoms with Crippen LogP contribution in [0.2, 0.25) is 0 Å². The van der Waals surface area contributed by atoms with Crippen molar-refractivity contribution in [3.05, 3.63) is 94.9 Å². The molecule has 0 amide bonds. The number of nitrogens with zero attached hydrogens (tertiary/aromatic N) is 1. The largest absolute Gasteiger partial charge is 0.494 e. The summed E-state index contributed by atoms with van der Waals surface area (Å²) in [6.45, 7) is 3.30. The summed E-state index contributed by atoms with van der Waals surface area (Å²) in [7, 11) is 0. The van der Waals surface area contributed by atoms with Gasteiger partial charge in [-0.2, -0.15) is 0 Å². The summed E-state index contributed by atoms with van der Waals surface area (Å²) in [5, 5.41) is 19.3. The van der Waals surface area contributed by atoms with Crippen molar-refractivity contribution in [1.82, 2.24) is 4.57 Å². The highest BCUT2D eigenvalue weighted by Crippen LogP contribution is 2.28. The van der Waals surface area contributed by atoms with Gasteiger partial charge in [0.25, 0.3) is 0 Å². The second-order valence-electron chi connectivity index (χ2n) is 9.87. The maximum atomic E-state index is 13.3. The Morgan fingerprint density at radius 2 is 1.59 bits per heavy atom. The number of aromatic nitrogens is 1. The minimum Gasteiger partial charge on any atom is -0.494 e. The van der Waals surface area contributed by atoms with E-state index in [0.717, 1.165) is 40.6 Å². The fourth-order valence-electron chi connectivity index (χ4n) is 4.64. The third-order valence-corrected chi connectivity index (χ3v) is 6.69. The number of halogens is 1. The van der Waals surface area contributed by atoms with Crippen LogP contribution in [0, 0.1) is 12.7 Å². The Bertz CT molecular complexity index is 1520. The van der Waals surface area contributed by atoms with E-state index in [9.17, 15) is 19.1 Å². The summed E-state index contributed by atoms with van der Waals surface area (Å²) in [6.07, 6.45) is 7.79. The van der Waals surface area contributed by atoms with Gasteiger partial charge in [0.05, 0.1) is 19.6 Å². The molecule has 0 fully saturated rings. The van der Waals surface area contributed by atoms with Gasteiger partial charge in [-0.15, -0.1) is 0 Å². The van der Waals surface area contributed by atoms with Crippen LogP contribution in [0.25, 0.3) is 23.1 Å². The normalized spacial score (nSPS) is 11.3. The third kappa shape index (κ3) is 8.45. The number of rotatable bonds is 15. The molecule has 2 N–H and O–H groups in total. The van der Waals surface area contributed by atoms with Crippen LogP contribution in [-0.4, -0.2) is 39.9 Å². The van der Waals surface area contributed by atoms with Crippen LogP contribution in [0.3, 0.4) is 0 Å². The molecule has 7 nitrogen and oxygen atoms in total. The minimum atomic E-state index is -0.917. The number of hydrogen-bond donors (Lipinski definition) is 2. The molecule has 4 rings (SSSR count). The zero-order valence-electron chi connectivity index (χ0n) is 23.0. The van der Waals surface area contributed by atoms with Crippen LogP contribution < -0.4 is 9.47 Å². The van der Waals surface area contributed by atoms with Gasteiger partial charge in [0, 0.05) is 30.1 Å². The van der Waals surface area contributed by atoms with Gasteiger partial charge in [-0.3, -0.25) is 9.59 Å². The Morgan fingerprint density at radius 3 is 2.27 bits per heavy atom. The zero-order valence-corrected chi connectivity index (χ0v) is 23.0. The molecule has 0 aliphatic carbocycles. The van der Waals surface area contributed by atoms with E-state index in [2.05, 4.69) is 0 Å². The SMILES string of the molecule is Cc1cc(OCCCCOc2ccc(C=Cc3cccc4c3c(CC(=O)O)cn4CCCC(=O)O)cc2)ccc1F. The van der Waals surface area contributed by atoms with Gasteiger partial charge in [0.15, 0.2) is 0 Å². The number of benzene rings is 3. The van der Waals surface area contributed by atoms with Crippen molar-refractivity contribution in [1.29, 1.82) is 0 Å². The lowest BCUT2D eigenvalue weighted by molar-refractivity contribution is -0.137. The van der Waals surface area contributed by atoms with Gasteiger partial charge >= 0.3 is 11.9 Å². The lowest BCUT2D eigenvalue weighted by atomic mass is 10.0. The maximum Gasteiger partial charge on any atom is 0.307 e. The Morgan fingerprint density at radius 1 is 0.878 bits per heavy atom. The highest BCUT2D eigenvalue weighted by Gasteiger charge is 2.14. The van der Waals surface area contributed by atoms with Gasteiger partial charge in [-0.05, 0) is 84.8 Å². The molecule has 0 saturated carbocycles. The number of fused-ring (bicyclic) bond motifs is 1. The van der Waals surface area contributed by atoms with Crippen LogP contribution >= 0.6 is 0 Å². The smallest absolute Gasteiger partial charge is 0.307 e. The first kappa shape index (κ1) is 29.4. The first-order valence-corrected chi connectivity index (χ1v) is 13.6. The first-order valence-electron chi connectivity index (χ1n) is 13.6. The number of unbranched alkanes of at least 4 members (excludes halogenated alkanes) is 1. The molecular formula is C33H34FNO6. The molecule has 0 aliphatic rings. The number of carboxylic acid groups (broad SMARTS) is 2. The maximum absolute atomic E-state index is 13.3. The molecule has 0 radical (unpaired) electrons. The second-order valence-corrected chi connectivity index (χ2v) is 9.87. The summed E-state index contributed by atoms with van der Waals surface area (Å²) >= 11 is 0. The first-order chi connectivity index (χ1) is 19.8. The summed E-state index contributed by atoms with van der Waals surface area (Å²) in [5.74, 6) is -0.580. The van der Waals surface area contributed by atoms with E-state index < -0.39 is 11.9 Å². The van der Waals surface area contributed by atoms with Crippen molar-refractivity contribution in [2.24, 2.45) is 0 Å². The van der Waals surface area contributed by atoms with Crippen molar-refractivity contribution in [3.63, 3.8) is 0 Å². The third-order valence-electron chi connectivity index (χ3n) is 6.69. The molecule has 1 aromatic heterocycles. The molecule has 41 heavy (non-hydrogen) atoms. The lowest BCUT2D eigenvalue weighted by Crippen LogP contribution is -2.02. The van der Waals surface area contributed by atoms with Gasteiger partial charge in [0.1, 0.15) is 17.3 Å². The Hall–Kier alpha value is -4.59. The summed E-state index contributed by atoms with van der Waals surface area (Å²) in [5.41, 5.74) is 4.01. The number of aliphatic carboxylic acids is 2. The van der Waals surface area contributed by atoms with Crippen LogP contribution in [0.1, 0.15) is 47.9 Å². The van der Waals surface area contributed by atoms with Gasteiger partial charge < -0.3 is 24.3 Å². The zero-order chi connectivity index (χ0) is 29.2. The highest BCUT2D eigenvalue weighted by molar-refractivity contribution is 5.96. The molecule has 0 saturated heterocycles. The quantitative estimate of drug-likeness (QED) is 0.120. The molecule has 0 spiro atoms. The van der Waals surface area contributed by atoms with Crippen LogP contribution in [0.15, 0.2) is 66.9 Å². The molecule has 1 heterocycles. The van der Waals surface area contributed by atoms with Crippen molar-refractivity contribution >= 4 is 35.0 Å². The number of aryl methyl sites for hydroxylation is 2. The Balaban J connectivity index is 1.33. The summed E-state index contributed by atoms with van der Waals surface area (Å²) in [4.78, 5) is 22.5. The molecule has 8 heteroatoms. The number of hydrogen-bond acceptors (Lipinski definition) is 4. The van der Waals surface area contributed by atoms with Crippen LogP contribution in [0.4, 0.5) is 4.39 Å². The summed E-state index contributed by atoms with van der Waals surface area (Å²) < 4.78 is 26.8. The second kappa shape index (κ2) is 14.2. The minimum absolute atomic E-state index is 0.0545. The van der Waals surface area contributed by atoms with E-state index in [1.54, 1.807) is 19.1 Å². The molecule has 0 unspecified atom stereocenters. The molecule has 0 bridgehead atoms. The van der Waals surface area contributed by atoms with E-state index in [-0.39, 0.29) is 18.7 Å². The van der Waals surface area contributed by atoms with E-state index >= 15 is 0 Å². The molecular weight excluding hydrogens is 525 g/mol. The topological polar surface area (TPSA) is 98.0 Å². The van der Waals surface area contributed by atoms with Gasteiger partial charge in [-0.1, -0.05) is 36.4 Å². The van der Waals surface area contributed by atoms with Gasteiger partial charge in [0.2, 0.25) is 0 Å². The van der Waals surface area contributed by atoms with Crippen LogP contribution in [-0.2, 0) is 22.6 Å². The predicted molar refractivity (Wildman–Crippen MR) is 157 cm³/mol. The number of carbonyl (C=O) groups is 2. The fraction of sp³-hybridized carbons (Fsp3) is 0.273. The van der Waals surface area contributed by atoms with Crippen molar-refractivity contribution < 1.29 is 33.7 Å². The number of carboxylic acids is 2. The number of ether oxygens (including phenoxy) is 2. The monoisotopic (exact) mass is 559 g/mol. The lowest BCUT2D eigenvalue weighted by Gasteiger charge is -2.09. The fourth-order valence-corrected chi connectivity index (χ4v) is 4.64. The van der Waals surface area contributed by atoms with Crippen molar-refractivity contribution in [2.75, 3.05) is 13.2 Å². The van der Waals surface area contributed by atoms with Crippen molar-refractivity contribution in [2.45, 2.75) is 45.6 Å². The average Bonchev–Trinajstić information content (AvgIpc) is 3.29. The Labute approximate surface area is 238 Å². The summed E-state index contributed by atoms with van der Waals surface area (Å²) in [6, 6.07) is 18.3. The average molecular weight is 560 g/mol. The molecule has 3 aromatic carbocycles. The van der Waals surface area contributed by atoms with Crippen molar-refractivity contribution in [3.8, 4) is 11.5 Å². The van der Waals surface area contributed by atoms with E-state index in [1.165, 1.54) is 6.07 Å². The Kier molecular flexibility index (Phi) is 10.2. The molecule has 4 aromatic rings. The van der Waals surface area contributed by atoms with E-state index in [0.29, 0.717) is 43.1 Å². The van der Waals surface area contributed by atoms with E-state index in [4.69, 9.17) is 14.6 Å². The predicted octanol–water partition coefficient (Wildman–Crippen LogP) is 6.99. The van der Waals surface area contributed by atoms with E-state index in [1.807, 2.05) is 65.4 Å². The van der Waals surface area contributed by atoms with Gasteiger partial charge in [-0.25, -0.2) is 4.39 Å². The molecule has 0 atom stereocenters. The standard InChI is InChI=1S/C33H34FNO6/c1-23-20-28(15-16-29(23)34)41-19-3-2-18-40-27-13-10-24(11-14-27)9-12-25-6-4-7-30-33(25)26(21-32(38)39)22-35(30)17-5-8-31(36)37/h4,6-7,9-16,20,22H,2-3,5,8,17-19,21H2,1H3,(H,36,37)(H,38,39).